The Kier molecular flexibility index (Phi) is 8.19. The minimum atomic E-state index is -0.121. The van der Waals surface area contributed by atoms with E-state index in [2.05, 4.69) is 5.32 Å². The molecule has 1 rings (SSSR count). The summed E-state index contributed by atoms with van der Waals surface area (Å²) in [7, 11) is 0. The molecule has 0 aliphatic carbocycles. The molecular weight excluding hydrogens is 240 g/mol. The number of halogens is 1. The summed E-state index contributed by atoms with van der Waals surface area (Å²) in [4.78, 5) is 11.3. The Morgan fingerprint density at radius 3 is 2.65 bits per heavy atom. The van der Waals surface area contributed by atoms with Crippen LogP contribution < -0.4 is 15.8 Å². The molecule has 3 N–H and O–H groups in total. The Hall–Kier alpha value is -1.26. The van der Waals surface area contributed by atoms with Crippen molar-refractivity contribution in [3.63, 3.8) is 0 Å². The highest BCUT2D eigenvalue weighted by Crippen LogP contribution is 2.07. The van der Waals surface area contributed by atoms with Gasteiger partial charge in [-0.25, -0.2) is 0 Å². The van der Waals surface area contributed by atoms with Gasteiger partial charge in [0, 0.05) is 12.6 Å². The second kappa shape index (κ2) is 8.84. The summed E-state index contributed by atoms with van der Waals surface area (Å²) in [5.74, 6) is 0.578. The van der Waals surface area contributed by atoms with Gasteiger partial charge in [0.15, 0.2) is 6.61 Å². The normalized spacial score (nSPS) is 11.2. The molecule has 1 aromatic carbocycles. The third-order valence-corrected chi connectivity index (χ3v) is 2.03. The van der Waals surface area contributed by atoms with Crippen molar-refractivity contribution in [2.75, 3.05) is 13.2 Å². The number of carbonyl (C=O) groups is 1. The van der Waals surface area contributed by atoms with Crippen LogP contribution in [0.5, 0.6) is 5.75 Å². The number of nitrogens with one attached hydrogen (secondary N) is 1. The molecule has 0 bridgehead atoms. The van der Waals surface area contributed by atoms with Crippen molar-refractivity contribution in [2.24, 2.45) is 5.73 Å². The van der Waals surface area contributed by atoms with E-state index in [-0.39, 0.29) is 31.0 Å². The van der Waals surface area contributed by atoms with Crippen LogP contribution in [-0.2, 0) is 4.79 Å². The lowest BCUT2D eigenvalue weighted by atomic mass is 10.2. The van der Waals surface area contributed by atoms with Gasteiger partial charge in [-0.2, -0.15) is 0 Å². The molecule has 5 heteroatoms. The topological polar surface area (TPSA) is 64.3 Å². The van der Waals surface area contributed by atoms with E-state index in [1.165, 1.54) is 0 Å². The van der Waals surface area contributed by atoms with E-state index < -0.39 is 0 Å². The summed E-state index contributed by atoms with van der Waals surface area (Å²) in [6.45, 7) is 2.55. The fourth-order valence-corrected chi connectivity index (χ4v) is 1.16. The zero-order valence-electron chi connectivity index (χ0n) is 9.89. The number of benzene rings is 1. The number of hydrogen-bond donors (Lipinski definition) is 2. The van der Waals surface area contributed by atoms with Crippen molar-refractivity contribution in [2.45, 2.75) is 19.4 Å². The maximum atomic E-state index is 11.3. The largest absolute Gasteiger partial charge is 0.484 e. The lowest BCUT2D eigenvalue weighted by Gasteiger charge is -2.08. The molecule has 1 amide bonds. The molecule has 96 valence electrons. The Morgan fingerprint density at radius 1 is 1.41 bits per heavy atom. The second-order valence-electron chi connectivity index (χ2n) is 3.72. The van der Waals surface area contributed by atoms with Crippen molar-refractivity contribution >= 4 is 18.3 Å². The van der Waals surface area contributed by atoms with E-state index in [0.717, 1.165) is 6.42 Å². The van der Waals surface area contributed by atoms with Crippen molar-refractivity contribution < 1.29 is 9.53 Å². The molecule has 1 aromatic rings. The maximum Gasteiger partial charge on any atom is 0.257 e. The summed E-state index contributed by atoms with van der Waals surface area (Å²) in [6, 6.07) is 9.36. The quantitative estimate of drug-likeness (QED) is 0.809. The van der Waals surface area contributed by atoms with Crippen molar-refractivity contribution in [1.82, 2.24) is 5.32 Å². The van der Waals surface area contributed by atoms with Crippen molar-refractivity contribution in [3.8, 4) is 5.75 Å². The van der Waals surface area contributed by atoms with Crippen LogP contribution in [0.2, 0.25) is 0 Å². The minimum absolute atomic E-state index is 0. The number of ether oxygens (including phenoxy) is 1. The number of carbonyl (C=O) groups excluding carboxylic acids is 1. The Labute approximate surface area is 108 Å². The highest BCUT2D eigenvalue weighted by atomic mass is 35.5. The first-order chi connectivity index (χ1) is 7.68. The van der Waals surface area contributed by atoms with Crippen LogP contribution in [0.25, 0.3) is 0 Å². The molecule has 0 aliphatic heterocycles. The Bertz CT molecular complexity index is 318. The molecule has 0 saturated carbocycles. The van der Waals surface area contributed by atoms with E-state index in [0.29, 0.717) is 12.3 Å². The number of rotatable bonds is 6. The lowest BCUT2D eigenvalue weighted by molar-refractivity contribution is -0.123. The monoisotopic (exact) mass is 258 g/mol. The molecule has 0 heterocycles. The zero-order chi connectivity index (χ0) is 11.8. The SMILES string of the molecule is CC(N)CCNC(=O)COc1ccccc1.Cl. The zero-order valence-corrected chi connectivity index (χ0v) is 10.7. The van der Waals surface area contributed by atoms with Crippen LogP contribution in [0.1, 0.15) is 13.3 Å². The minimum Gasteiger partial charge on any atom is -0.484 e. The smallest absolute Gasteiger partial charge is 0.257 e. The molecule has 0 fully saturated rings. The number of nitrogens with two attached hydrogens (primary N) is 1. The van der Waals surface area contributed by atoms with Crippen LogP contribution in [0, 0.1) is 0 Å². The highest BCUT2D eigenvalue weighted by Gasteiger charge is 2.02. The summed E-state index contributed by atoms with van der Waals surface area (Å²) >= 11 is 0. The van der Waals surface area contributed by atoms with Gasteiger partial charge in [-0.05, 0) is 25.5 Å². The van der Waals surface area contributed by atoms with Gasteiger partial charge < -0.3 is 15.8 Å². The van der Waals surface area contributed by atoms with Gasteiger partial charge in [0.2, 0.25) is 0 Å². The Morgan fingerprint density at radius 2 is 2.06 bits per heavy atom. The number of amides is 1. The van der Waals surface area contributed by atoms with Gasteiger partial charge in [-0.15, -0.1) is 12.4 Å². The molecule has 1 atom stereocenters. The fourth-order valence-electron chi connectivity index (χ4n) is 1.16. The average molecular weight is 259 g/mol. The van der Waals surface area contributed by atoms with E-state index >= 15 is 0 Å². The van der Waals surface area contributed by atoms with Gasteiger partial charge in [0.05, 0.1) is 0 Å². The van der Waals surface area contributed by atoms with Crippen LogP contribution >= 0.6 is 12.4 Å². The van der Waals surface area contributed by atoms with Crippen molar-refractivity contribution in [3.05, 3.63) is 30.3 Å². The molecule has 0 aromatic heterocycles. The van der Waals surface area contributed by atoms with Gasteiger partial charge in [0.25, 0.3) is 5.91 Å². The summed E-state index contributed by atoms with van der Waals surface area (Å²) in [5, 5.41) is 2.74. The molecule has 0 aliphatic rings. The van der Waals surface area contributed by atoms with E-state index in [4.69, 9.17) is 10.5 Å². The lowest BCUT2D eigenvalue weighted by Crippen LogP contribution is -2.32. The standard InChI is InChI=1S/C12H18N2O2.ClH/c1-10(13)7-8-14-12(15)9-16-11-5-3-2-4-6-11;/h2-6,10H,7-9,13H2,1H3,(H,14,15);1H. The van der Waals surface area contributed by atoms with Crippen LogP contribution in [0.4, 0.5) is 0 Å². The predicted molar refractivity (Wildman–Crippen MR) is 70.5 cm³/mol. The molecule has 17 heavy (non-hydrogen) atoms. The summed E-state index contributed by atoms with van der Waals surface area (Å²) < 4.78 is 5.28. The van der Waals surface area contributed by atoms with Gasteiger partial charge >= 0.3 is 0 Å². The molecule has 0 spiro atoms. The van der Waals surface area contributed by atoms with Gasteiger partial charge in [-0.3, -0.25) is 4.79 Å². The first-order valence-corrected chi connectivity index (χ1v) is 5.38. The highest BCUT2D eigenvalue weighted by molar-refractivity contribution is 5.85. The Balaban J connectivity index is 0.00000256. The number of hydrogen-bond acceptors (Lipinski definition) is 3. The van der Waals surface area contributed by atoms with Gasteiger partial charge in [-0.1, -0.05) is 18.2 Å². The van der Waals surface area contributed by atoms with Gasteiger partial charge in [0.1, 0.15) is 5.75 Å². The molecular formula is C12H19ClN2O2. The molecule has 0 saturated heterocycles. The van der Waals surface area contributed by atoms with E-state index in [9.17, 15) is 4.79 Å². The third-order valence-electron chi connectivity index (χ3n) is 2.03. The van der Waals surface area contributed by atoms with Crippen LogP contribution in [0.15, 0.2) is 30.3 Å². The maximum absolute atomic E-state index is 11.3. The fraction of sp³-hybridized carbons (Fsp3) is 0.417. The molecule has 0 radical (unpaired) electrons. The predicted octanol–water partition coefficient (Wildman–Crippen LogP) is 1.34. The van der Waals surface area contributed by atoms with Crippen LogP contribution in [-0.4, -0.2) is 25.1 Å². The van der Waals surface area contributed by atoms with Crippen molar-refractivity contribution in [1.29, 1.82) is 0 Å². The molecule has 4 nitrogen and oxygen atoms in total. The number of para-hydroxylation sites is 1. The first kappa shape index (κ1) is 15.7. The second-order valence-corrected chi connectivity index (χ2v) is 3.72. The third kappa shape index (κ3) is 7.60. The first-order valence-electron chi connectivity index (χ1n) is 5.38. The summed E-state index contributed by atoms with van der Waals surface area (Å²) in [5.41, 5.74) is 5.56. The molecule has 1 unspecified atom stereocenters. The van der Waals surface area contributed by atoms with E-state index in [1.807, 2.05) is 37.3 Å². The summed E-state index contributed by atoms with van der Waals surface area (Å²) in [6.07, 6.45) is 0.775. The van der Waals surface area contributed by atoms with Crippen LogP contribution in [0.3, 0.4) is 0 Å². The van der Waals surface area contributed by atoms with E-state index in [1.54, 1.807) is 0 Å². The average Bonchev–Trinajstić information content (AvgIpc) is 2.27.